The van der Waals surface area contributed by atoms with E-state index in [0.29, 0.717) is 26.2 Å². The van der Waals surface area contributed by atoms with Crippen LogP contribution in [0.2, 0.25) is 0 Å². The second-order valence-electron chi connectivity index (χ2n) is 3.87. The van der Waals surface area contributed by atoms with Gasteiger partial charge in [-0.25, -0.2) is 9.97 Å². The lowest BCUT2D eigenvalue weighted by Gasteiger charge is -2.20. The topological polar surface area (TPSA) is 67.3 Å². The number of aliphatic hydroxyl groups is 1. The van der Waals surface area contributed by atoms with E-state index in [1.165, 1.54) is 0 Å². The third-order valence-corrected chi connectivity index (χ3v) is 2.46. The van der Waals surface area contributed by atoms with Crippen molar-refractivity contribution in [2.45, 2.75) is 18.9 Å². The molecule has 15 heavy (non-hydrogen) atoms. The van der Waals surface area contributed by atoms with E-state index in [0.717, 1.165) is 11.6 Å². The zero-order valence-corrected chi connectivity index (χ0v) is 8.73. The highest BCUT2D eigenvalue weighted by Crippen LogP contribution is 2.18. The lowest BCUT2D eigenvalue weighted by molar-refractivity contribution is 0.0381. The van der Waals surface area contributed by atoms with Crippen LogP contribution in [-0.2, 0) is 4.74 Å². The minimum absolute atomic E-state index is 0.393. The molecular formula is C10H15N3O2. The van der Waals surface area contributed by atoms with Crippen molar-refractivity contribution in [3.05, 3.63) is 18.1 Å². The van der Waals surface area contributed by atoms with Gasteiger partial charge >= 0.3 is 0 Å². The van der Waals surface area contributed by atoms with Gasteiger partial charge in [-0.3, -0.25) is 0 Å². The molecule has 0 saturated carbocycles. The predicted octanol–water partition coefficient (Wildman–Crippen LogP) is 0.348. The number of nitrogens with zero attached hydrogens (tertiary/aromatic N) is 2. The summed E-state index contributed by atoms with van der Waals surface area (Å²) in [7, 11) is 0. The van der Waals surface area contributed by atoms with Gasteiger partial charge in [0.15, 0.2) is 0 Å². The quantitative estimate of drug-likeness (QED) is 0.751. The Balaban J connectivity index is 1.92. The first-order chi connectivity index (χ1) is 7.18. The molecule has 1 aliphatic rings. The molecule has 5 nitrogen and oxygen atoms in total. The van der Waals surface area contributed by atoms with Crippen LogP contribution in [0.15, 0.2) is 12.3 Å². The highest BCUT2D eigenvalue weighted by Gasteiger charge is 2.31. The second-order valence-corrected chi connectivity index (χ2v) is 3.87. The standard InChI is InChI=1S/C10H15N3O2/c1-8-11-4-2-9(13-8)12-6-10(14)3-5-15-7-10/h2,4,14H,3,5-7H2,1H3,(H,11,12,13)/t10-/m1/s1. The summed E-state index contributed by atoms with van der Waals surface area (Å²) in [6, 6.07) is 1.78. The summed E-state index contributed by atoms with van der Waals surface area (Å²) < 4.78 is 5.15. The summed E-state index contributed by atoms with van der Waals surface area (Å²) in [5.74, 6) is 1.46. The zero-order chi connectivity index (χ0) is 10.7. The van der Waals surface area contributed by atoms with Crippen molar-refractivity contribution in [1.82, 2.24) is 9.97 Å². The summed E-state index contributed by atoms with van der Waals surface area (Å²) in [4.78, 5) is 8.19. The average Bonchev–Trinajstić information content (AvgIpc) is 2.63. The maximum Gasteiger partial charge on any atom is 0.129 e. The Hall–Kier alpha value is -1.20. The molecule has 82 valence electrons. The molecule has 1 fully saturated rings. The lowest BCUT2D eigenvalue weighted by Crippen LogP contribution is -2.37. The third kappa shape index (κ3) is 2.64. The van der Waals surface area contributed by atoms with Crippen molar-refractivity contribution >= 4 is 5.82 Å². The number of hydrogen-bond donors (Lipinski definition) is 2. The van der Waals surface area contributed by atoms with Crippen LogP contribution >= 0.6 is 0 Å². The minimum atomic E-state index is -0.751. The molecule has 1 aromatic heterocycles. The van der Waals surface area contributed by atoms with Crippen molar-refractivity contribution in [2.75, 3.05) is 25.1 Å². The van der Waals surface area contributed by atoms with Gasteiger partial charge in [0.25, 0.3) is 0 Å². The van der Waals surface area contributed by atoms with E-state index in [2.05, 4.69) is 15.3 Å². The zero-order valence-electron chi connectivity index (χ0n) is 8.73. The van der Waals surface area contributed by atoms with E-state index in [-0.39, 0.29) is 0 Å². The lowest BCUT2D eigenvalue weighted by atomic mass is 10.0. The summed E-state index contributed by atoms with van der Waals surface area (Å²) in [5.41, 5.74) is -0.751. The average molecular weight is 209 g/mol. The third-order valence-electron chi connectivity index (χ3n) is 2.46. The monoisotopic (exact) mass is 209 g/mol. The van der Waals surface area contributed by atoms with Crippen molar-refractivity contribution in [3.63, 3.8) is 0 Å². The van der Waals surface area contributed by atoms with Gasteiger partial charge in [0.1, 0.15) is 17.2 Å². The minimum Gasteiger partial charge on any atom is -0.386 e. The maximum absolute atomic E-state index is 9.99. The molecular weight excluding hydrogens is 194 g/mol. The van der Waals surface area contributed by atoms with Crippen LogP contribution in [0, 0.1) is 6.92 Å². The Bertz CT molecular complexity index is 337. The fourth-order valence-corrected chi connectivity index (χ4v) is 1.55. The van der Waals surface area contributed by atoms with Crippen LogP contribution in [0.5, 0.6) is 0 Å². The first-order valence-electron chi connectivity index (χ1n) is 5.02. The SMILES string of the molecule is Cc1nccc(NC[C@]2(O)CCOC2)n1. The Labute approximate surface area is 88.5 Å². The molecule has 2 rings (SSSR count). The highest BCUT2D eigenvalue weighted by molar-refractivity contribution is 5.33. The fraction of sp³-hybridized carbons (Fsp3) is 0.600. The number of hydrogen-bond acceptors (Lipinski definition) is 5. The number of nitrogens with one attached hydrogen (secondary N) is 1. The second kappa shape index (κ2) is 4.12. The first kappa shape index (κ1) is 10.3. The van der Waals surface area contributed by atoms with Crippen LogP contribution in [0.3, 0.4) is 0 Å². The summed E-state index contributed by atoms with van der Waals surface area (Å²) in [6.07, 6.45) is 2.37. The van der Waals surface area contributed by atoms with E-state index >= 15 is 0 Å². The maximum atomic E-state index is 9.99. The molecule has 0 amide bonds. The van der Waals surface area contributed by atoms with Gasteiger partial charge in [-0.05, 0) is 13.0 Å². The van der Waals surface area contributed by atoms with Crippen LogP contribution < -0.4 is 5.32 Å². The molecule has 1 atom stereocenters. The van der Waals surface area contributed by atoms with E-state index in [4.69, 9.17) is 4.74 Å². The molecule has 0 spiro atoms. The molecule has 1 aliphatic heterocycles. The normalized spacial score (nSPS) is 25.5. The summed E-state index contributed by atoms with van der Waals surface area (Å²) >= 11 is 0. The van der Waals surface area contributed by atoms with Gasteiger partial charge in [-0.15, -0.1) is 0 Å². The largest absolute Gasteiger partial charge is 0.386 e. The van der Waals surface area contributed by atoms with Crippen LogP contribution in [-0.4, -0.2) is 40.4 Å². The van der Waals surface area contributed by atoms with Gasteiger partial charge in [-0.2, -0.15) is 0 Å². The number of anilines is 1. The van der Waals surface area contributed by atoms with Gasteiger partial charge < -0.3 is 15.2 Å². The molecule has 0 aromatic carbocycles. The van der Waals surface area contributed by atoms with Crippen molar-refractivity contribution in [2.24, 2.45) is 0 Å². The van der Waals surface area contributed by atoms with E-state index in [9.17, 15) is 5.11 Å². The van der Waals surface area contributed by atoms with Crippen LogP contribution in [0.4, 0.5) is 5.82 Å². The number of ether oxygens (including phenoxy) is 1. The van der Waals surface area contributed by atoms with Crippen molar-refractivity contribution in [1.29, 1.82) is 0 Å². The van der Waals surface area contributed by atoms with Gasteiger partial charge in [0.2, 0.25) is 0 Å². The number of aryl methyl sites for hydroxylation is 1. The molecule has 0 aliphatic carbocycles. The van der Waals surface area contributed by atoms with Crippen LogP contribution in [0.25, 0.3) is 0 Å². The van der Waals surface area contributed by atoms with E-state index < -0.39 is 5.60 Å². The Kier molecular flexibility index (Phi) is 2.83. The Morgan fingerprint density at radius 2 is 2.53 bits per heavy atom. The summed E-state index contributed by atoms with van der Waals surface area (Å²) in [5, 5.41) is 13.1. The van der Waals surface area contributed by atoms with E-state index in [1.807, 2.05) is 6.92 Å². The number of aromatic nitrogens is 2. The van der Waals surface area contributed by atoms with Gasteiger partial charge in [0, 0.05) is 25.8 Å². The molecule has 2 heterocycles. The Morgan fingerprint density at radius 3 is 3.20 bits per heavy atom. The molecule has 5 heteroatoms. The van der Waals surface area contributed by atoms with E-state index in [1.54, 1.807) is 12.3 Å². The number of rotatable bonds is 3. The molecule has 0 bridgehead atoms. The van der Waals surface area contributed by atoms with Crippen molar-refractivity contribution < 1.29 is 9.84 Å². The Morgan fingerprint density at radius 1 is 1.67 bits per heavy atom. The smallest absolute Gasteiger partial charge is 0.129 e. The van der Waals surface area contributed by atoms with Gasteiger partial charge in [-0.1, -0.05) is 0 Å². The molecule has 1 saturated heterocycles. The first-order valence-corrected chi connectivity index (χ1v) is 5.02. The van der Waals surface area contributed by atoms with Crippen molar-refractivity contribution in [3.8, 4) is 0 Å². The highest BCUT2D eigenvalue weighted by atomic mass is 16.5. The van der Waals surface area contributed by atoms with Crippen LogP contribution in [0.1, 0.15) is 12.2 Å². The summed E-state index contributed by atoms with van der Waals surface area (Å²) in [6.45, 7) is 3.31. The fourth-order valence-electron chi connectivity index (χ4n) is 1.55. The molecule has 0 unspecified atom stereocenters. The predicted molar refractivity (Wildman–Crippen MR) is 55.6 cm³/mol. The molecule has 2 N–H and O–H groups in total. The van der Waals surface area contributed by atoms with Gasteiger partial charge in [0.05, 0.1) is 6.61 Å². The molecule has 0 radical (unpaired) electrons. The molecule has 1 aromatic rings.